The van der Waals surface area contributed by atoms with Crippen LogP contribution in [0.5, 0.6) is 5.75 Å². The first kappa shape index (κ1) is 14.6. The maximum absolute atomic E-state index is 12.2. The van der Waals surface area contributed by atoms with E-state index >= 15 is 0 Å². The van der Waals surface area contributed by atoms with Gasteiger partial charge < -0.3 is 10.5 Å². The molecule has 106 valence electrons. The average Bonchev–Trinajstić information content (AvgIpc) is 2.41. The van der Waals surface area contributed by atoms with E-state index in [2.05, 4.69) is 25.6 Å². The Hall–Kier alpha value is -1.80. The molecule has 1 aromatic carbocycles. The van der Waals surface area contributed by atoms with Gasteiger partial charge in [-0.15, -0.1) is 0 Å². The van der Waals surface area contributed by atoms with Crippen molar-refractivity contribution < 1.29 is 13.2 Å². The first-order chi connectivity index (χ1) is 9.42. The van der Waals surface area contributed by atoms with Crippen molar-refractivity contribution in [3.05, 3.63) is 41.0 Å². The summed E-state index contributed by atoms with van der Waals surface area (Å²) in [6.07, 6.45) is 1.50. The summed E-state index contributed by atoms with van der Waals surface area (Å²) in [5.41, 5.74) is 6.02. The monoisotopic (exact) mass is 357 g/mol. The molecule has 0 radical (unpaired) electrons. The standard InChI is InChI=1S/C12H12BrN3O3S/c1-19-11-6-9(3-4-10(11)14)20(17,18)16-12-5-2-8(13)7-15-12/h2-7H,14H2,1H3,(H,15,16). The number of hydrogen-bond acceptors (Lipinski definition) is 5. The summed E-state index contributed by atoms with van der Waals surface area (Å²) in [4.78, 5) is 4.01. The van der Waals surface area contributed by atoms with Crippen LogP contribution in [0.4, 0.5) is 11.5 Å². The number of rotatable bonds is 4. The molecule has 0 aliphatic carbocycles. The molecule has 1 heterocycles. The molecule has 0 spiro atoms. The second kappa shape index (κ2) is 5.68. The molecular formula is C12H12BrN3O3S. The second-order valence-electron chi connectivity index (χ2n) is 3.87. The zero-order valence-corrected chi connectivity index (χ0v) is 12.9. The van der Waals surface area contributed by atoms with Crippen molar-refractivity contribution in [1.82, 2.24) is 4.98 Å². The van der Waals surface area contributed by atoms with Crippen LogP contribution in [0.1, 0.15) is 0 Å². The molecule has 3 N–H and O–H groups in total. The van der Waals surface area contributed by atoms with E-state index in [0.717, 1.165) is 4.47 Å². The Balaban J connectivity index is 2.33. The Morgan fingerprint density at radius 2 is 2.05 bits per heavy atom. The van der Waals surface area contributed by atoms with Gasteiger partial charge in [0.05, 0.1) is 17.7 Å². The molecule has 0 amide bonds. The lowest BCUT2D eigenvalue weighted by Crippen LogP contribution is -2.14. The number of ether oxygens (including phenoxy) is 1. The van der Waals surface area contributed by atoms with Gasteiger partial charge in [0.25, 0.3) is 10.0 Å². The Kier molecular flexibility index (Phi) is 4.15. The van der Waals surface area contributed by atoms with Crippen molar-refractivity contribution in [3.8, 4) is 5.75 Å². The third kappa shape index (κ3) is 3.20. The fourth-order valence-corrected chi connectivity index (χ4v) is 2.75. The van der Waals surface area contributed by atoms with Gasteiger partial charge in [0.2, 0.25) is 0 Å². The van der Waals surface area contributed by atoms with Crippen LogP contribution in [0.15, 0.2) is 45.9 Å². The SMILES string of the molecule is COc1cc(S(=O)(=O)Nc2ccc(Br)cn2)ccc1N. The zero-order chi connectivity index (χ0) is 14.8. The number of anilines is 2. The van der Waals surface area contributed by atoms with E-state index in [1.807, 2.05) is 0 Å². The van der Waals surface area contributed by atoms with Gasteiger partial charge in [-0.3, -0.25) is 4.72 Å². The van der Waals surface area contributed by atoms with Crippen LogP contribution in [0.2, 0.25) is 0 Å². The van der Waals surface area contributed by atoms with Crippen molar-refractivity contribution in [2.24, 2.45) is 0 Å². The van der Waals surface area contributed by atoms with Crippen molar-refractivity contribution in [1.29, 1.82) is 0 Å². The van der Waals surface area contributed by atoms with Gasteiger partial charge in [-0.25, -0.2) is 13.4 Å². The summed E-state index contributed by atoms with van der Waals surface area (Å²) < 4.78 is 32.6. The largest absolute Gasteiger partial charge is 0.495 e. The smallest absolute Gasteiger partial charge is 0.263 e. The number of nitrogens with zero attached hydrogens (tertiary/aromatic N) is 1. The van der Waals surface area contributed by atoms with E-state index in [4.69, 9.17) is 10.5 Å². The lowest BCUT2D eigenvalue weighted by molar-refractivity contribution is 0.415. The molecule has 2 rings (SSSR count). The van der Waals surface area contributed by atoms with Gasteiger partial charge in [0.1, 0.15) is 11.6 Å². The maximum Gasteiger partial charge on any atom is 0.263 e. The van der Waals surface area contributed by atoms with E-state index < -0.39 is 10.0 Å². The molecule has 0 aliphatic rings. The quantitative estimate of drug-likeness (QED) is 0.818. The summed E-state index contributed by atoms with van der Waals surface area (Å²) in [7, 11) is -2.32. The molecule has 0 bridgehead atoms. The number of nitrogens with two attached hydrogens (primary N) is 1. The predicted molar refractivity (Wildman–Crippen MR) is 80.2 cm³/mol. The highest BCUT2D eigenvalue weighted by molar-refractivity contribution is 9.10. The van der Waals surface area contributed by atoms with Crippen LogP contribution < -0.4 is 15.2 Å². The van der Waals surface area contributed by atoms with Crippen LogP contribution in [0.25, 0.3) is 0 Å². The Labute approximate surface area is 125 Å². The summed E-state index contributed by atoms with van der Waals surface area (Å²) in [6.45, 7) is 0. The van der Waals surface area contributed by atoms with Gasteiger partial charge in [-0.05, 0) is 40.2 Å². The van der Waals surface area contributed by atoms with Gasteiger partial charge in [0, 0.05) is 16.7 Å². The minimum atomic E-state index is -3.74. The summed E-state index contributed by atoms with van der Waals surface area (Å²) >= 11 is 3.23. The van der Waals surface area contributed by atoms with Gasteiger partial charge >= 0.3 is 0 Å². The van der Waals surface area contributed by atoms with Crippen LogP contribution in [-0.4, -0.2) is 20.5 Å². The number of halogens is 1. The molecule has 0 atom stereocenters. The number of hydrogen-bond donors (Lipinski definition) is 2. The Bertz CT molecular complexity index is 717. The average molecular weight is 358 g/mol. The van der Waals surface area contributed by atoms with E-state index in [1.54, 1.807) is 12.1 Å². The normalized spacial score (nSPS) is 11.1. The Morgan fingerprint density at radius 3 is 2.65 bits per heavy atom. The van der Waals surface area contributed by atoms with Gasteiger partial charge in [0.15, 0.2) is 0 Å². The highest BCUT2D eigenvalue weighted by Gasteiger charge is 2.16. The number of sulfonamides is 1. The number of pyridine rings is 1. The minimum Gasteiger partial charge on any atom is -0.495 e. The molecule has 0 saturated heterocycles. The van der Waals surface area contributed by atoms with Gasteiger partial charge in [-0.2, -0.15) is 0 Å². The van der Waals surface area contributed by atoms with Crippen LogP contribution in [-0.2, 0) is 10.0 Å². The molecule has 0 fully saturated rings. The first-order valence-electron chi connectivity index (χ1n) is 5.50. The molecule has 2 aromatic rings. The Morgan fingerprint density at radius 1 is 1.30 bits per heavy atom. The number of nitrogen functional groups attached to an aromatic ring is 1. The fourth-order valence-electron chi connectivity index (χ4n) is 1.49. The van der Waals surface area contributed by atoms with Crippen LogP contribution >= 0.6 is 15.9 Å². The summed E-state index contributed by atoms with van der Waals surface area (Å²) in [5.74, 6) is 0.528. The van der Waals surface area contributed by atoms with Gasteiger partial charge in [-0.1, -0.05) is 0 Å². The molecule has 20 heavy (non-hydrogen) atoms. The molecule has 0 unspecified atom stereocenters. The number of methoxy groups -OCH3 is 1. The van der Waals surface area contributed by atoms with Crippen LogP contribution in [0.3, 0.4) is 0 Å². The van der Waals surface area contributed by atoms with E-state index in [0.29, 0.717) is 11.4 Å². The second-order valence-corrected chi connectivity index (χ2v) is 6.47. The fraction of sp³-hybridized carbons (Fsp3) is 0.0833. The lowest BCUT2D eigenvalue weighted by atomic mass is 10.3. The molecule has 0 aliphatic heterocycles. The molecule has 8 heteroatoms. The number of aromatic nitrogens is 1. The van der Waals surface area contributed by atoms with Crippen LogP contribution in [0, 0.1) is 0 Å². The highest BCUT2D eigenvalue weighted by atomic mass is 79.9. The third-order valence-electron chi connectivity index (χ3n) is 2.48. The van der Waals surface area contributed by atoms with E-state index in [1.165, 1.54) is 31.5 Å². The maximum atomic E-state index is 12.2. The molecule has 1 aromatic heterocycles. The predicted octanol–water partition coefficient (Wildman–Crippen LogP) is 2.24. The minimum absolute atomic E-state index is 0.0493. The number of benzene rings is 1. The number of nitrogens with one attached hydrogen (secondary N) is 1. The lowest BCUT2D eigenvalue weighted by Gasteiger charge is -2.10. The molecular weight excluding hydrogens is 346 g/mol. The van der Waals surface area contributed by atoms with Crippen molar-refractivity contribution >= 4 is 37.5 Å². The third-order valence-corrected chi connectivity index (χ3v) is 4.30. The van der Waals surface area contributed by atoms with Crippen molar-refractivity contribution in [3.63, 3.8) is 0 Å². The van der Waals surface area contributed by atoms with E-state index in [9.17, 15) is 8.42 Å². The topological polar surface area (TPSA) is 94.3 Å². The van der Waals surface area contributed by atoms with Crippen molar-refractivity contribution in [2.75, 3.05) is 17.6 Å². The van der Waals surface area contributed by atoms with E-state index in [-0.39, 0.29) is 10.7 Å². The van der Waals surface area contributed by atoms with Crippen molar-refractivity contribution in [2.45, 2.75) is 4.90 Å². The highest BCUT2D eigenvalue weighted by Crippen LogP contribution is 2.25. The zero-order valence-electron chi connectivity index (χ0n) is 10.5. The summed E-state index contributed by atoms with van der Waals surface area (Å²) in [5, 5.41) is 0. The molecule has 6 nitrogen and oxygen atoms in total. The first-order valence-corrected chi connectivity index (χ1v) is 7.78. The molecule has 0 saturated carbocycles. The summed E-state index contributed by atoms with van der Waals surface area (Å²) in [6, 6.07) is 7.47.